The van der Waals surface area contributed by atoms with Crippen LogP contribution in [0.5, 0.6) is 5.75 Å². The summed E-state index contributed by atoms with van der Waals surface area (Å²) in [6.07, 6.45) is 9.59. The van der Waals surface area contributed by atoms with Crippen LogP contribution in [0.2, 0.25) is 0 Å². The molecule has 2 aliphatic carbocycles. The monoisotopic (exact) mass is 419 g/mol. The third-order valence-corrected chi connectivity index (χ3v) is 7.31. The lowest BCUT2D eigenvalue weighted by Gasteiger charge is -2.34. The Morgan fingerprint density at radius 1 is 1.03 bits per heavy atom. The lowest BCUT2D eigenvalue weighted by molar-refractivity contribution is -0.141. The first-order valence-electron chi connectivity index (χ1n) is 11.7. The minimum Gasteiger partial charge on any atom is -0.425 e. The predicted octanol–water partition coefficient (Wildman–Crippen LogP) is 6.31. The molecule has 3 aliphatic rings. The van der Waals surface area contributed by atoms with Gasteiger partial charge in [-0.25, -0.2) is 4.79 Å². The zero-order valence-corrected chi connectivity index (χ0v) is 19.2. The minimum atomic E-state index is -0.0675. The zero-order valence-electron chi connectivity index (χ0n) is 18.4. The van der Waals surface area contributed by atoms with Crippen LogP contribution < -0.4 is 4.74 Å². The van der Waals surface area contributed by atoms with Crippen molar-refractivity contribution in [1.82, 2.24) is 4.90 Å². The second-order valence-corrected chi connectivity index (χ2v) is 9.49. The maximum atomic E-state index is 13.3. The fourth-order valence-corrected chi connectivity index (χ4v) is 5.09. The van der Waals surface area contributed by atoms with Crippen LogP contribution in [-0.2, 0) is 4.79 Å². The average Bonchev–Trinajstić information content (AvgIpc) is 3.60. The van der Waals surface area contributed by atoms with E-state index in [2.05, 4.69) is 43.9 Å². The first kappa shape index (κ1) is 22.6. The van der Waals surface area contributed by atoms with Crippen LogP contribution in [0.1, 0.15) is 95.1 Å². The smallest absolute Gasteiger partial charge is 0.328 e. The molecule has 0 spiro atoms. The van der Waals surface area contributed by atoms with Crippen molar-refractivity contribution in [3.8, 4) is 5.75 Å². The van der Waals surface area contributed by atoms with E-state index in [9.17, 15) is 4.79 Å². The molecule has 1 aromatic carbocycles. The number of ether oxygens (including phenoxy) is 1. The van der Waals surface area contributed by atoms with E-state index in [1.807, 2.05) is 0 Å². The van der Waals surface area contributed by atoms with Crippen LogP contribution in [0.4, 0.5) is 0 Å². The summed E-state index contributed by atoms with van der Waals surface area (Å²) in [5.74, 6) is 3.37. The van der Waals surface area contributed by atoms with E-state index >= 15 is 0 Å². The Morgan fingerprint density at radius 3 is 2.14 bits per heavy atom. The molecule has 3 fully saturated rings. The Balaban J connectivity index is 0.00000240. The molecule has 0 radical (unpaired) electrons. The van der Waals surface area contributed by atoms with E-state index in [4.69, 9.17) is 4.74 Å². The SMILES string of the molecule is CCCN1CCCC[C@H]1C(=O)Oc1c(C(C)C2CC2)cccc1C(C)C1CC1.Cl. The van der Waals surface area contributed by atoms with Gasteiger partial charge in [0.05, 0.1) is 0 Å². The summed E-state index contributed by atoms with van der Waals surface area (Å²) >= 11 is 0. The second kappa shape index (κ2) is 9.83. The van der Waals surface area contributed by atoms with Crippen molar-refractivity contribution in [2.45, 2.75) is 90.0 Å². The maximum absolute atomic E-state index is 13.3. The van der Waals surface area contributed by atoms with E-state index in [1.165, 1.54) is 43.2 Å². The average molecular weight is 420 g/mol. The number of halogens is 1. The summed E-state index contributed by atoms with van der Waals surface area (Å²) in [5.41, 5.74) is 2.53. The van der Waals surface area contributed by atoms with Gasteiger partial charge < -0.3 is 4.74 Å². The van der Waals surface area contributed by atoms with Crippen LogP contribution in [0, 0.1) is 11.8 Å². The van der Waals surface area contributed by atoms with Crippen LogP contribution in [-0.4, -0.2) is 30.0 Å². The molecule has 29 heavy (non-hydrogen) atoms. The number of hydrogen-bond donors (Lipinski definition) is 0. The summed E-state index contributed by atoms with van der Waals surface area (Å²) in [6, 6.07) is 6.53. The molecule has 2 unspecified atom stereocenters. The summed E-state index contributed by atoms with van der Waals surface area (Å²) < 4.78 is 6.31. The summed E-state index contributed by atoms with van der Waals surface area (Å²) in [6.45, 7) is 8.85. The number of carbonyl (C=O) groups is 1. The first-order chi connectivity index (χ1) is 13.6. The predicted molar refractivity (Wildman–Crippen MR) is 121 cm³/mol. The minimum absolute atomic E-state index is 0. The molecule has 4 heteroatoms. The summed E-state index contributed by atoms with van der Waals surface area (Å²) in [7, 11) is 0. The Kier molecular flexibility index (Phi) is 7.67. The zero-order chi connectivity index (χ0) is 19.7. The Bertz CT molecular complexity index is 660. The van der Waals surface area contributed by atoms with Crippen molar-refractivity contribution >= 4 is 18.4 Å². The van der Waals surface area contributed by atoms with Crippen molar-refractivity contribution in [3.63, 3.8) is 0 Å². The van der Waals surface area contributed by atoms with E-state index in [0.29, 0.717) is 11.8 Å². The maximum Gasteiger partial charge on any atom is 0.328 e. The largest absolute Gasteiger partial charge is 0.425 e. The topological polar surface area (TPSA) is 29.5 Å². The van der Waals surface area contributed by atoms with Crippen LogP contribution in [0.3, 0.4) is 0 Å². The Labute approximate surface area is 183 Å². The van der Waals surface area contributed by atoms with Gasteiger partial charge in [0.2, 0.25) is 0 Å². The number of benzene rings is 1. The third-order valence-electron chi connectivity index (χ3n) is 7.31. The Hall–Kier alpha value is -1.06. The van der Waals surface area contributed by atoms with Crippen molar-refractivity contribution < 1.29 is 9.53 Å². The highest BCUT2D eigenvalue weighted by Gasteiger charge is 2.37. The van der Waals surface area contributed by atoms with E-state index in [0.717, 1.165) is 49.9 Å². The molecular weight excluding hydrogens is 382 g/mol. The summed E-state index contributed by atoms with van der Waals surface area (Å²) in [5, 5.41) is 0. The standard InChI is InChI=1S/C25H37NO2.ClH/c1-4-15-26-16-6-5-10-23(26)25(27)28-24-21(17(2)19-11-12-19)8-7-9-22(24)18(3)20-13-14-20;/h7-9,17-20,23H,4-6,10-16H2,1-3H3;1H/t17?,18?,23-;/m0./s1. The number of likely N-dealkylation sites (tertiary alicyclic amines) is 1. The number of piperidine rings is 1. The molecule has 3 atom stereocenters. The molecule has 4 rings (SSSR count). The highest BCUT2D eigenvalue weighted by Crippen LogP contribution is 2.50. The van der Waals surface area contributed by atoms with Gasteiger partial charge in [-0.05, 0) is 92.8 Å². The molecule has 1 heterocycles. The van der Waals surface area contributed by atoms with Crippen LogP contribution in [0.25, 0.3) is 0 Å². The number of carbonyl (C=O) groups excluding carboxylic acids is 1. The van der Waals surface area contributed by atoms with Gasteiger partial charge in [0.1, 0.15) is 11.8 Å². The molecule has 0 bridgehead atoms. The van der Waals surface area contributed by atoms with E-state index in [1.54, 1.807) is 0 Å². The first-order valence-corrected chi connectivity index (χ1v) is 11.7. The van der Waals surface area contributed by atoms with Gasteiger partial charge in [-0.15, -0.1) is 12.4 Å². The number of nitrogens with zero attached hydrogens (tertiary/aromatic N) is 1. The van der Waals surface area contributed by atoms with Crippen molar-refractivity contribution in [3.05, 3.63) is 29.3 Å². The molecule has 0 N–H and O–H groups in total. The van der Waals surface area contributed by atoms with Gasteiger partial charge in [0.15, 0.2) is 0 Å². The van der Waals surface area contributed by atoms with Gasteiger partial charge in [-0.2, -0.15) is 0 Å². The van der Waals surface area contributed by atoms with E-state index < -0.39 is 0 Å². The number of rotatable bonds is 8. The molecule has 3 nitrogen and oxygen atoms in total. The molecule has 1 saturated heterocycles. The highest BCUT2D eigenvalue weighted by molar-refractivity contribution is 5.85. The Morgan fingerprint density at radius 2 is 1.62 bits per heavy atom. The summed E-state index contributed by atoms with van der Waals surface area (Å²) in [4.78, 5) is 15.7. The number of hydrogen-bond acceptors (Lipinski definition) is 3. The molecule has 162 valence electrons. The van der Waals surface area contributed by atoms with Crippen molar-refractivity contribution in [2.24, 2.45) is 11.8 Å². The molecule has 0 aromatic heterocycles. The molecule has 0 amide bonds. The lowest BCUT2D eigenvalue weighted by atomic mass is 9.88. The van der Waals surface area contributed by atoms with Crippen LogP contribution >= 0.6 is 12.4 Å². The fourth-order valence-electron chi connectivity index (χ4n) is 5.09. The molecule has 1 aromatic rings. The quantitative estimate of drug-likeness (QED) is 0.365. The molecule has 2 saturated carbocycles. The van der Waals surface area contributed by atoms with Gasteiger partial charge >= 0.3 is 5.97 Å². The molecule has 1 aliphatic heterocycles. The van der Waals surface area contributed by atoms with Gasteiger partial charge in [0.25, 0.3) is 0 Å². The number of para-hydroxylation sites is 1. The highest BCUT2D eigenvalue weighted by atomic mass is 35.5. The van der Waals surface area contributed by atoms with Crippen molar-refractivity contribution in [1.29, 1.82) is 0 Å². The van der Waals surface area contributed by atoms with Gasteiger partial charge in [-0.1, -0.05) is 45.4 Å². The van der Waals surface area contributed by atoms with Gasteiger partial charge in [-0.3, -0.25) is 4.90 Å². The normalized spacial score (nSPS) is 24.4. The fraction of sp³-hybridized carbons (Fsp3) is 0.720. The lowest BCUT2D eigenvalue weighted by Crippen LogP contribution is -2.46. The van der Waals surface area contributed by atoms with Crippen molar-refractivity contribution in [2.75, 3.05) is 13.1 Å². The van der Waals surface area contributed by atoms with Crippen LogP contribution in [0.15, 0.2) is 18.2 Å². The third kappa shape index (κ3) is 5.17. The van der Waals surface area contributed by atoms with E-state index in [-0.39, 0.29) is 24.4 Å². The van der Waals surface area contributed by atoms with Gasteiger partial charge in [0, 0.05) is 0 Å². The molecular formula is C25H38ClNO2. The second-order valence-electron chi connectivity index (χ2n) is 9.49. The number of esters is 1.